The van der Waals surface area contributed by atoms with E-state index in [1.807, 2.05) is 34.9 Å². The molecule has 0 radical (unpaired) electrons. The Morgan fingerprint density at radius 2 is 2.30 bits per heavy atom. The van der Waals surface area contributed by atoms with Crippen LogP contribution in [-0.4, -0.2) is 39.8 Å². The van der Waals surface area contributed by atoms with Gasteiger partial charge in [0.2, 0.25) is 0 Å². The fraction of sp³-hybridized carbons (Fsp3) is 0.538. The maximum absolute atomic E-state index is 5.14. The van der Waals surface area contributed by atoms with Crippen LogP contribution < -0.4 is 5.32 Å². The molecule has 0 spiro atoms. The average molecular weight is 342 g/mol. The first kappa shape index (κ1) is 15.2. The Morgan fingerprint density at radius 3 is 2.90 bits per heavy atom. The van der Waals surface area contributed by atoms with Crippen LogP contribution in [0.25, 0.3) is 0 Å². The van der Waals surface area contributed by atoms with Gasteiger partial charge in [-0.25, -0.2) is 0 Å². The second-order valence-electron chi connectivity index (χ2n) is 4.50. The molecule has 20 heavy (non-hydrogen) atoms. The largest absolute Gasteiger partial charge is 0.383 e. The summed E-state index contributed by atoms with van der Waals surface area (Å²) < 4.78 is 9.88. The summed E-state index contributed by atoms with van der Waals surface area (Å²) >= 11 is 3.59. The minimum atomic E-state index is 0.00920. The summed E-state index contributed by atoms with van der Waals surface area (Å²) in [7, 11) is 3.61. The Balaban J connectivity index is 2.35. The van der Waals surface area contributed by atoms with Crippen LogP contribution in [0.15, 0.2) is 22.9 Å². The third kappa shape index (κ3) is 3.28. The first-order chi connectivity index (χ1) is 9.67. The summed E-state index contributed by atoms with van der Waals surface area (Å²) in [6.07, 6.45) is 3.77. The Morgan fingerprint density at radius 1 is 1.50 bits per heavy atom. The zero-order chi connectivity index (χ0) is 14.5. The molecule has 2 aromatic rings. The predicted molar refractivity (Wildman–Crippen MR) is 80.5 cm³/mol. The lowest BCUT2D eigenvalue weighted by molar-refractivity contribution is 0.182. The normalized spacial score (nSPS) is 12.8. The van der Waals surface area contributed by atoms with Gasteiger partial charge in [-0.15, -0.1) is 0 Å². The van der Waals surface area contributed by atoms with E-state index in [0.29, 0.717) is 13.2 Å². The molecule has 0 amide bonds. The molecule has 1 unspecified atom stereocenters. The summed E-state index contributed by atoms with van der Waals surface area (Å²) in [5, 5.41) is 12.4. The number of aromatic nitrogens is 4. The highest BCUT2D eigenvalue weighted by Gasteiger charge is 2.23. The molecule has 7 heteroatoms. The average Bonchev–Trinajstić information content (AvgIpc) is 3.01. The van der Waals surface area contributed by atoms with E-state index in [2.05, 4.69) is 38.4 Å². The van der Waals surface area contributed by atoms with Crippen molar-refractivity contribution in [1.82, 2.24) is 24.9 Å². The maximum atomic E-state index is 5.14. The monoisotopic (exact) mass is 341 g/mol. The molecule has 0 aliphatic heterocycles. The highest BCUT2D eigenvalue weighted by Crippen LogP contribution is 2.27. The summed E-state index contributed by atoms with van der Waals surface area (Å²) in [6.45, 7) is 4.27. The Kier molecular flexibility index (Phi) is 5.33. The van der Waals surface area contributed by atoms with Gasteiger partial charge in [-0.1, -0.05) is 6.92 Å². The SMILES string of the molecule is CCNC(c1ccn(C)n1)c1c(Br)cnn1CCOC. The first-order valence-electron chi connectivity index (χ1n) is 6.60. The second-order valence-corrected chi connectivity index (χ2v) is 5.35. The van der Waals surface area contributed by atoms with Crippen LogP contribution in [0.2, 0.25) is 0 Å². The van der Waals surface area contributed by atoms with Crippen molar-refractivity contribution in [2.75, 3.05) is 20.3 Å². The zero-order valence-electron chi connectivity index (χ0n) is 12.0. The summed E-state index contributed by atoms with van der Waals surface area (Å²) in [5.41, 5.74) is 2.05. The van der Waals surface area contributed by atoms with Gasteiger partial charge in [0.15, 0.2) is 0 Å². The second kappa shape index (κ2) is 7.01. The van der Waals surface area contributed by atoms with Crippen LogP contribution in [0.3, 0.4) is 0 Å². The highest BCUT2D eigenvalue weighted by molar-refractivity contribution is 9.10. The standard InChI is InChI=1S/C13H20BrN5O/c1-4-15-12(11-5-6-18(2)17-11)13-10(14)9-16-19(13)7-8-20-3/h5-6,9,12,15H,4,7-8H2,1-3H3. The molecule has 1 atom stereocenters. The Bertz CT molecular complexity index is 551. The van der Waals surface area contributed by atoms with Gasteiger partial charge in [0, 0.05) is 20.4 Å². The molecule has 2 heterocycles. The fourth-order valence-electron chi connectivity index (χ4n) is 2.15. The van der Waals surface area contributed by atoms with Gasteiger partial charge < -0.3 is 10.1 Å². The van der Waals surface area contributed by atoms with Crippen molar-refractivity contribution in [2.24, 2.45) is 7.05 Å². The van der Waals surface area contributed by atoms with Crippen molar-refractivity contribution in [1.29, 1.82) is 0 Å². The smallest absolute Gasteiger partial charge is 0.0952 e. The third-order valence-corrected chi connectivity index (χ3v) is 3.66. The number of methoxy groups -OCH3 is 1. The van der Waals surface area contributed by atoms with Crippen LogP contribution in [0, 0.1) is 0 Å². The number of nitrogens with one attached hydrogen (secondary N) is 1. The fourth-order valence-corrected chi connectivity index (χ4v) is 2.67. The lowest BCUT2D eigenvalue weighted by Crippen LogP contribution is -2.26. The molecule has 0 fully saturated rings. The molecule has 0 aliphatic carbocycles. The van der Waals surface area contributed by atoms with Gasteiger partial charge in [-0.3, -0.25) is 9.36 Å². The maximum Gasteiger partial charge on any atom is 0.0952 e. The van der Waals surface area contributed by atoms with E-state index in [0.717, 1.165) is 22.4 Å². The minimum Gasteiger partial charge on any atom is -0.383 e. The molecule has 1 N–H and O–H groups in total. The van der Waals surface area contributed by atoms with Crippen molar-refractivity contribution in [3.8, 4) is 0 Å². The van der Waals surface area contributed by atoms with E-state index in [-0.39, 0.29) is 6.04 Å². The number of aryl methyl sites for hydroxylation is 1. The summed E-state index contributed by atoms with van der Waals surface area (Å²) in [4.78, 5) is 0. The van der Waals surface area contributed by atoms with Gasteiger partial charge in [0.05, 0.1) is 41.3 Å². The molecule has 2 aromatic heterocycles. The lowest BCUT2D eigenvalue weighted by Gasteiger charge is -2.18. The molecule has 6 nitrogen and oxygen atoms in total. The van der Waals surface area contributed by atoms with Crippen LogP contribution in [0.5, 0.6) is 0 Å². The van der Waals surface area contributed by atoms with Crippen LogP contribution in [0.1, 0.15) is 24.4 Å². The number of halogens is 1. The van der Waals surface area contributed by atoms with Crippen molar-refractivity contribution in [2.45, 2.75) is 19.5 Å². The van der Waals surface area contributed by atoms with E-state index in [1.54, 1.807) is 7.11 Å². The third-order valence-electron chi connectivity index (χ3n) is 3.05. The first-order valence-corrected chi connectivity index (χ1v) is 7.39. The predicted octanol–water partition coefficient (Wildman–Crippen LogP) is 1.72. The molecular weight excluding hydrogens is 322 g/mol. The van der Waals surface area contributed by atoms with Crippen LogP contribution in [-0.2, 0) is 18.3 Å². The van der Waals surface area contributed by atoms with E-state index >= 15 is 0 Å². The van der Waals surface area contributed by atoms with Gasteiger partial charge in [0.25, 0.3) is 0 Å². The number of hydrogen-bond acceptors (Lipinski definition) is 4. The number of hydrogen-bond donors (Lipinski definition) is 1. The molecule has 0 saturated carbocycles. The lowest BCUT2D eigenvalue weighted by atomic mass is 10.1. The van der Waals surface area contributed by atoms with Gasteiger partial charge in [-0.2, -0.15) is 10.2 Å². The van der Waals surface area contributed by atoms with Gasteiger partial charge in [0.1, 0.15) is 0 Å². The molecule has 110 valence electrons. The molecule has 0 saturated heterocycles. The van der Waals surface area contributed by atoms with E-state index in [4.69, 9.17) is 4.74 Å². The molecule has 0 aromatic carbocycles. The van der Waals surface area contributed by atoms with Crippen LogP contribution in [0.4, 0.5) is 0 Å². The Hall–Kier alpha value is -1.18. The number of ether oxygens (including phenoxy) is 1. The van der Waals surface area contributed by atoms with Crippen molar-refractivity contribution >= 4 is 15.9 Å². The number of rotatable bonds is 7. The molecule has 0 bridgehead atoms. The van der Waals surface area contributed by atoms with Crippen molar-refractivity contribution in [3.63, 3.8) is 0 Å². The van der Waals surface area contributed by atoms with E-state index in [9.17, 15) is 0 Å². The minimum absolute atomic E-state index is 0.00920. The molecule has 0 aliphatic rings. The molecule has 2 rings (SSSR count). The van der Waals surface area contributed by atoms with Crippen molar-refractivity contribution in [3.05, 3.63) is 34.3 Å². The summed E-state index contributed by atoms with van der Waals surface area (Å²) in [5.74, 6) is 0. The Labute approximate surface area is 127 Å². The van der Waals surface area contributed by atoms with E-state index < -0.39 is 0 Å². The topological polar surface area (TPSA) is 56.9 Å². The van der Waals surface area contributed by atoms with Gasteiger partial charge in [-0.05, 0) is 28.5 Å². The number of nitrogens with zero attached hydrogens (tertiary/aromatic N) is 4. The quantitative estimate of drug-likeness (QED) is 0.833. The molecular formula is C13H20BrN5O. The summed E-state index contributed by atoms with van der Waals surface area (Å²) in [6, 6.07) is 2.03. The van der Waals surface area contributed by atoms with E-state index in [1.165, 1.54) is 0 Å². The van der Waals surface area contributed by atoms with Crippen LogP contribution >= 0.6 is 15.9 Å². The zero-order valence-corrected chi connectivity index (χ0v) is 13.6. The van der Waals surface area contributed by atoms with Crippen molar-refractivity contribution < 1.29 is 4.74 Å². The highest BCUT2D eigenvalue weighted by atomic mass is 79.9. The van der Waals surface area contributed by atoms with Gasteiger partial charge >= 0.3 is 0 Å².